The van der Waals surface area contributed by atoms with Crippen molar-refractivity contribution < 1.29 is 9.53 Å². The normalized spacial score (nSPS) is 10.5. The monoisotopic (exact) mass is 446 g/mol. The van der Waals surface area contributed by atoms with Gasteiger partial charge < -0.3 is 20.3 Å². The van der Waals surface area contributed by atoms with E-state index in [0.29, 0.717) is 37.8 Å². The lowest BCUT2D eigenvalue weighted by Crippen LogP contribution is -2.39. The first-order valence-electron chi connectivity index (χ1n) is 7.51. The van der Waals surface area contributed by atoms with Crippen molar-refractivity contribution in [2.45, 2.75) is 6.54 Å². The molecule has 1 aromatic carbocycles. The number of rotatable bonds is 8. The van der Waals surface area contributed by atoms with Crippen LogP contribution >= 0.6 is 24.0 Å². The van der Waals surface area contributed by atoms with Gasteiger partial charge in [0.2, 0.25) is 0 Å². The molecule has 7 heteroatoms. The summed E-state index contributed by atoms with van der Waals surface area (Å²) in [5.74, 6) is 0.699. The summed E-state index contributed by atoms with van der Waals surface area (Å²) in [6.45, 7) is 6.12. The number of nitrogens with zero attached hydrogens (tertiary/aromatic N) is 2. The van der Waals surface area contributed by atoms with E-state index in [9.17, 15) is 4.79 Å². The number of guanidine groups is 1. The van der Waals surface area contributed by atoms with Gasteiger partial charge >= 0.3 is 0 Å². The van der Waals surface area contributed by atoms with Gasteiger partial charge in [-0.3, -0.25) is 4.79 Å². The number of nitrogens with one attached hydrogen (secondary N) is 2. The van der Waals surface area contributed by atoms with E-state index in [1.165, 1.54) is 0 Å². The van der Waals surface area contributed by atoms with Crippen molar-refractivity contribution in [3.05, 3.63) is 48.0 Å². The van der Waals surface area contributed by atoms with E-state index >= 15 is 0 Å². The van der Waals surface area contributed by atoms with Crippen molar-refractivity contribution in [1.82, 2.24) is 15.5 Å². The topological polar surface area (TPSA) is 66.0 Å². The zero-order chi connectivity index (χ0) is 17.1. The van der Waals surface area contributed by atoms with Crippen LogP contribution in [-0.4, -0.2) is 57.7 Å². The van der Waals surface area contributed by atoms with Gasteiger partial charge in [-0.05, 0) is 17.7 Å². The van der Waals surface area contributed by atoms with Crippen molar-refractivity contribution in [1.29, 1.82) is 0 Å². The predicted octanol–water partition coefficient (Wildman–Crippen LogP) is 1.87. The molecule has 0 fully saturated rings. The van der Waals surface area contributed by atoms with Gasteiger partial charge in [0.1, 0.15) is 0 Å². The van der Waals surface area contributed by atoms with Gasteiger partial charge in [0.05, 0.1) is 13.2 Å². The third-order valence-corrected chi connectivity index (χ3v) is 3.04. The summed E-state index contributed by atoms with van der Waals surface area (Å²) in [5, 5.41) is 6.32. The fourth-order valence-electron chi connectivity index (χ4n) is 1.80. The zero-order valence-electron chi connectivity index (χ0n) is 14.5. The lowest BCUT2D eigenvalue weighted by molar-refractivity contribution is 0.0827. The van der Waals surface area contributed by atoms with Crippen molar-refractivity contribution in [3.63, 3.8) is 0 Å². The van der Waals surface area contributed by atoms with Crippen LogP contribution in [-0.2, 0) is 11.3 Å². The third kappa shape index (κ3) is 8.30. The molecule has 6 nitrogen and oxygen atoms in total. The van der Waals surface area contributed by atoms with Crippen LogP contribution in [0.5, 0.6) is 0 Å². The average Bonchev–Trinajstić information content (AvgIpc) is 2.56. The Morgan fingerprint density at radius 3 is 2.50 bits per heavy atom. The minimum absolute atomic E-state index is 0. The molecule has 0 heterocycles. The smallest absolute Gasteiger partial charge is 0.253 e. The van der Waals surface area contributed by atoms with Gasteiger partial charge in [0, 0.05) is 39.9 Å². The summed E-state index contributed by atoms with van der Waals surface area (Å²) < 4.78 is 5.01. The molecule has 0 spiro atoms. The molecule has 0 unspecified atom stereocenters. The Kier molecular flexibility index (Phi) is 11.9. The molecular formula is C17H27IN4O2. The fraction of sp³-hybridized carbons (Fsp3) is 0.412. The quantitative estimate of drug-likeness (QED) is 0.211. The maximum atomic E-state index is 11.8. The molecule has 0 aliphatic rings. The second-order valence-electron chi connectivity index (χ2n) is 5.15. The van der Waals surface area contributed by atoms with E-state index in [1.807, 2.05) is 24.3 Å². The van der Waals surface area contributed by atoms with Gasteiger partial charge in [0.15, 0.2) is 5.96 Å². The Labute approximate surface area is 161 Å². The number of hydrogen-bond acceptors (Lipinski definition) is 3. The van der Waals surface area contributed by atoms with Crippen LogP contribution in [0, 0.1) is 0 Å². The third-order valence-electron chi connectivity index (χ3n) is 3.04. The van der Waals surface area contributed by atoms with E-state index in [1.54, 1.807) is 32.2 Å². The molecule has 0 saturated carbocycles. The number of hydrogen-bond donors (Lipinski definition) is 2. The zero-order valence-corrected chi connectivity index (χ0v) is 16.9. The van der Waals surface area contributed by atoms with Gasteiger partial charge in [-0.2, -0.15) is 0 Å². The second kappa shape index (κ2) is 12.8. The first-order chi connectivity index (χ1) is 11.1. The van der Waals surface area contributed by atoms with Crippen LogP contribution in [0.4, 0.5) is 0 Å². The first kappa shape index (κ1) is 22.4. The molecule has 0 aliphatic heterocycles. The molecule has 0 radical (unpaired) electrons. The number of halogens is 1. The molecule has 0 aliphatic carbocycles. The van der Waals surface area contributed by atoms with E-state index in [2.05, 4.69) is 22.2 Å². The Morgan fingerprint density at radius 2 is 1.96 bits per heavy atom. The highest BCUT2D eigenvalue weighted by molar-refractivity contribution is 14.0. The number of methoxy groups -OCH3 is 1. The van der Waals surface area contributed by atoms with Gasteiger partial charge in [-0.1, -0.05) is 18.2 Å². The standard InChI is InChI=1S/C17H26N4O2.HI/c1-5-10-18-17(19-11-12-23-4)20-13-14-6-8-15(9-7-14)16(22)21(2)3;/h5-9H,1,10-13H2,2-4H3,(H2,18,19,20);1H. The second-order valence-corrected chi connectivity index (χ2v) is 5.15. The summed E-state index contributed by atoms with van der Waals surface area (Å²) >= 11 is 0. The molecular weight excluding hydrogens is 419 g/mol. The Hall–Kier alpha value is -1.61. The van der Waals surface area contributed by atoms with Gasteiger partial charge in [0.25, 0.3) is 5.91 Å². The molecule has 0 atom stereocenters. The highest BCUT2D eigenvalue weighted by Crippen LogP contribution is 2.07. The van der Waals surface area contributed by atoms with E-state index < -0.39 is 0 Å². The molecule has 134 valence electrons. The highest BCUT2D eigenvalue weighted by Gasteiger charge is 2.07. The van der Waals surface area contributed by atoms with E-state index in [-0.39, 0.29) is 29.9 Å². The van der Waals surface area contributed by atoms with Crippen molar-refractivity contribution in [3.8, 4) is 0 Å². The predicted molar refractivity (Wildman–Crippen MR) is 109 cm³/mol. The molecule has 1 aromatic rings. The van der Waals surface area contributed by atoms with Crippen molar-refractivity contribution in [2.24, 2.45) is 4.99 Å². The van der Waals surface area contributed by atoms with Crippen molar-refractivity contribution >= 4 is 35.8 Å². The fourth-order valence-corrected chi connectivity index (χ4v) is 1.80. The Morgan fingerprint density at radius 1 is 1.29 bits per heavy atom. The molecule has 0 saturated heterocycles. The van der Waals surface area contributed by atoms with Crippen LogP contribution in [0.15, 0.2) is 41.9 Å². The summed E-state index contributed by atoms with van der Waals surface area (Å²) in [7, 11) is 5.14. The van der Waals surface area contributed by atoms with Crippen LogP contribution < -0.4 is 10.6 Å². The van der Waals surface area contributed by atoms with Crippen LogP contribution in [0.25, 0.3) is 0 Å². The van der Waals surface area contributed by atoms with Crippen LogP contribution in [0.3, 0.4) is 0 Å². The maximum absolute atomic E-state index is 11.8. The number of benzene rings is 1. The van der Waals surface area contributed by atoms with E-state index in [4.69, 9.17) is 4.74 Å². The first-order valence-corrected chi connectivity index (χ1v) is 7.51. The van der Waals surface area contributed by atoms with E-state index in [0.717, 1.165) is 5.56 Å². The van der Waals surface area contributed by atoms with Crippen LogP contribution in [0.1, 0.15) is 15.9 Å². The summed E-state index contributed by atoms with van der Waals surface area (Å²) in [6, 6.07) is 7.48. The molecule has 2 N–H and O–H groups in total. The summed E-state index contributed by atoms with van der Waals surface area (Å²) in [5.41, 5.74) is 1.71. The molecule has 0 bridgehead atoms. The number of carbonyl (C=O) groups excluding carboxylic acids is 1. The molecule has 1 amide bonds. The molecule has 0 aromatic heterocycles. The Balaban J connectivity index is 0.00000529. The summed E-state index contributed by atoms with van der Waals surface area (Å²) in [6.07, 6.45) is 1.77. The lowest BCUT2D eigenvalue weighted by Gasteiger charge is -2.12. The maximum Gasteiger partial charge on any atom is 0.253 e. The molecule has 24 heavy (non-hydrogen) atoms. The minimum Gasteiger partial charge on any atom is -0.383 e. The Bertz CT molecular complexity index is 530. The largest absolute Gasteiger partial charge is 0.383 e. The average molecular weight is 446 g/mol. The minimum atomic E-state index is -0.00498. The lowest BCUT2D eigenvalue weighted by atomic mass is 10.1. The number of aliphatic imine (C=N–C) groups is 1. The summed E-state index contributed by atoms with van der Waals surface area (Å²) in [4.78, 5) is 17.9. The van der Waals surface area contributed by atoms with Crippen molar-refractivity contribution in [2.75, 3.05) is 40.9 Å². The number of carbonyl (C=O) groups is 1. The van der Waals surface area contributed by atoms with Gasteiger partial charge in [-0.15, -0.1) is 30.6 Å². The highest BCUT2D eigenvalue weighted by atomic mass is 127. The van der Waals surface area contributed by atoms with Gasteiger partial charge in [-0.25, -0.2) is 4.99 Å². The number of amides is 1. The molecule has 1 rings (SSSR count). The SMILES string of the molecule is C=CCNC(=NCc1ccc(C(=O)N(C)C)cc1)NCCOC.I. The number of ether oxygens (including phenoxy) is 1. The van der Waals surface area contributed by atoms with Crippen LogP contribution in [0.2, 0.25) is 0 Å².